The van der Waals surface area contributed by atoms with Crippen molar-refractivity contribution in [2.75, 3.05) is 23.3 Å². The highest BCUT2D eigenvalue weighted by Crippen LogP contribution is 2.28. The van der Waals surface area contributed by atoms with Gasteiger partial charge in [-0.2, -0.15) is 0 Å². The van der Waals surface area contributed by atoms with Crippen LogP contribution in [0.5, 0.6) is 0 Å². The Balaban J connectivity index is 1.41. The zero-order valence-corrected chi connectivity index (χ0v) is 18.1. The van der Waals surface area contributed by atoms with Crippen LogP contribution in [0.25, 0.3) is 5.82 Å². The van der Waals surface area contributed by atoms with Crippen LogP contribution in [0.2, 0.25) is 0 Å². The first-order valence-corrected chi connectivity index (χ1v) is 10.5. The minimum Gasteiger partial charge on any atom is -0.372 e. The van der Waals surface area contributed by atoms with Gasteiger partial charge in [-0.1, -0.05) is 12.1 Å². The molecule has 0 unspecified atom stereocenters. The number of carbonyl (C=O) groups excluding carboxylic acids is 1. The lowest BCUT2D eigenvalue weighted by atomic mass is 10.1. The van der Waals surface area contributed by atoms with Gasteiger partial charge in [0.1, 0.15) is 11.6 Å². The van der Waals surface area contributed by atoms with E-state index in [-0.39, 0.29) is 18.2 Å². The van der Waals surface area contributed by atoms with Gasteiger partial charge in [0.15, 0.2) is 0 Å². The third-order valence-corrected chi connectivity index (χ3v) is 5.25. The first kappa shape index (κ1) is 20.9. The van der Waals surface area contributed by atoms with Gasteiger partial charge in [-0.3, -0.25) is 4.57 Å². The Kier molecular flexibility index (Phi) is 6.18. The maximum atomic E-state index is 12.6. The largest absolute Gasteiger partial charge is 0.372 e. The summed E-state index contributed by atoms with van der Waals surface area (Å²) in [6.45, 7) is 8.03. The summed E-state index contributed by atoms with van der Waals surface area (Å²) in [4.78, 5) is 23.5. The first-order valence-electron chi connectivity index (χ1n) is 10.5. The molecular formula is C23H28N6O2. The second-order valence-electron chi connectivity index (χ2n) is 7.85. The number of urea groups is 1. The van der Waals surface area contributed by atoms with E-state index in [1.54, 1.807) is 12.4 Å². The van der Waals surface area contributed by atoms with Crippen molar-refractivity contribution in [3.8, 4) is 5.82 Å². The van der Waals surface area contributed by atoms with Crippen LogP contribution < -0.4 is 15.5 Å². The van der Waals surface area contributed by atoms with Gasteiger partial charge < -0.3 is 20.3 Å². The predicted octanol–water partition coefficient (Wildman–Crippen LogP) is 3.51. The molecule has 0 bridgehead atoms. The number of para-hydroxylation sites is 2. The molecule has 1 fully saturated rings. The molecule has 2 amide bonds. The molecule has 8 heteroatoms. The average molecular weight is 421 g/mol. The Morgan fingerprint density at radius 2 is 1.90 bits per heavy atom. The normalized spacial score (nSPS) is 18.6. The SMILES string of the molecule is Cc1nccn1-c1cc(CNC(=O)Nc2ccccc2N2C[C@@H](C)O[C@@H](C)C2)ccn1. The average Bonchev–Trinajstić information content (AvgIpc) is 3.18. The molecule has 3 heterocycles. The van der Waals surface area contributed by atoms with E-state index in [1.807, 2.05) is 54.1 Å². The van der Waals surface area contributed by atoms with Crippen LogP contribution in [0, 0.1) is 6.92 Å². The topological polar surface area (TPSA) is 84.3 Å². The molecule has 2 N–H and O–H groups in total. The number of hydrogen-bond donors (Lipinski definition) is 2. The standard InChI is InChI=1S/C23H28N6O2/c1-16-14-28(15-17(2)31-16)21-7-5-4-6-20(21)27-23(30)26-13-19-8-9-25-22(12-19)29-11-10-24-18(29)3/h4-12,16-17H,13-15H2,1-3H3,(H2,26,27,30)/t16-,17+. The van der Waals surface area contributed by atoms with Crippen molar-refractivity contribution in [3.63, 3.8) is 0 Å². The number of morpholine rings is 1. The Bertz CT molecular complexity index is 1040. The Hall–Kier alpha value is -3.39. The molecule has 2 atom stereocenters. The number of aromatic nitrogens is 3. The number of carbonyl (C=O) groups is 1. The number of nitrogens with one attached hydrogen (secondary N) is 2. The molecule has 162 valence electrons. The molecule has 1 aromatic carbocycles. The lowest BCUT2D eigenvalue weighted by molar-refractivity contribution is -0.00517. The molecule has 1 saturated heterocycles. The highest BCUT2D eigenvalue weighted by atomic mass is 16.5. The minimum atomic E-state index is -0.251. The van der Waals surface area contributed by atoms with Gasteiger partial charge in [0.05, 0.1) is 23.6 Å². The molecular weight excluding hydrogens is 392 g/mol. The number of hydrogen-bond acceptors (Lipinski definition) is 5. The molecule has 8 nitrogen and oxygen atoms in total. The third kappa shape index (κ3) is 5.03. The van der Waals surface area contributed by atoms with Crippen LogP contribution in [-0.4, -0.2) is 45.9 Å². The van der Waals surface area contributed by atoms with Crippen molar-refractivity contribution in [2.45, 2.75) is 39.5 Å². The van der Waals surface area contributed by atoms with Crippen molar-refractivity contribution in [3.05, 3.63) is 66.4 Å². The molecule has 3 aromatic rings. The summed E-state index contributed by atoms with van der Waals surface area (Å²) in [5.74, 6) is 1.63. The fraction of sp³-hybridized carbons (Fsp3) is 0.348. The van der Waals surface area contributed by atoms with Crippen LogP contribution in [-0.2, 0) is 11.3 Å². The van der Waals surface area contributed by atoms with E-state index in [4.69, 9.17) is 4.74 Å². The smallest absolute Gasteiger partial charge is 0.319 e. The van der Waals surface area contributed by atoms with E-state index in [0.29, 0.717) is 6.54 Å². The number of imidazole rings is 1. The van der Waals surface area contributed by atoms with Gasteiger partial charge in [-0.25, -0.2) is 14.8 Å². The van der Waals surface area contributed by atoms with E-state index in [0.717, 1.165) is 41.7 Å². The zero-order chi connectivity index (χ0) is 21.8. The number of pyridine rings is 1. The second-order valence-corrected chi connectivity index (χ2v) is 7.85. The molecule has 0 saturated carbocycles. The van der Waals surface area contributed by atoms with Crippen LogP contribution in [0.3, 0.4) is 0 Å². The van der Waals surface area contributed by atoms with Crippen molar-refractivity contribution in [2.24, 2.45) is 0 Å². The Labute approximate surface area is 182 Å². The Morgan fingerprint density at radius 1 is 1.13 bits per heavy atom. The second kappa shape index (κ2) is 9.18. The zero-order valence-electron chi connectivity index (χ0n) is 18.1. The van der Waals surface area contributed by atoms with E-state index in [2.05, 4.69) is 39.3 Å². The van der Waals surface area contributed by atoms with E-state index >= 15 is 0 Å². The number of amides is 2. The molecule has 0 radical (unpaired) electrons. The molecule has 2 aromatic heterocycles. The van der Waals surface area contributed by atoms with Gasteiger partial charge in [0.2, 0.25) is 0 Å². The van der Waals surface area contributed by atoms with E-state index < -0.39 is 0 Å². The number of anilines is 2. The fourth-order valence-corrected chi connectivity index (χ4v) is 3.90. The number of benzene rings is 1. The van der Waals surface area contributed by atoms with Crippen molar-refractivity contribution < 1.29 is 9.53 Å². The van der Waals surface area contributed by atoms with E-state index in [1.165, 1.54) is 0 Å². The van der Waals surface area contributed by atoms with E-state index in [9.17, 15) is 4.79 Å². The van der Waals surface area contributed by atoms with Crippen LogP contribution in [0.1, 0.15) is 25.2 Å². The fourth-order valence-electron chi connectivity index (χ4n) is 3.90. The first-order chi connectivity index (χ1) is 15.0. The number of aryl methyl sites for hydroxylation is 1. The number of rotatable bonds is 5. The molecule has 0 aliphatic carbocycles. The van der Waals surface area contributed by atoms with Crippen LogP contribution in [0.4, 0.5) is 16.2 Å². The summed E-state index contributed by atoms with van der Waals surface area (Å²) in [6, 6.07) is 11.4. The lowest BCUT2D eigenvalue weighted by Crippen LogP contribution is -2.45. The minimum absolute atomic E-state index is 0.144. The van der Waals surface area contributed by atoms with Crippen LogP contribution in [0.15, 0.2) is 55.0 Å². The van der Waals surface area contributed by atoms with Gasteiger partial charge in [-0.15, -0.1) is 0 Å². The number of ether oxygens (including phenoxy) is 1. The highest BCUT2D eigenvalue weighted by molar-refractivity contribution is 5.93. The summed E-state index contributed by atoms with van der Waals surface area (Å²) in [5, 5.41) is 5.93. The molecule has 4 rings (SSSR count). The Morgan fingerprint density at radius 3 is 2.65 bits per heavy atom. The van der Waals surface area contributed by atoms with Gasteiger partial charge in [-0.05, 0) is 50.6 Å². The van der Waals surface area contributed by atoms with Gasteiger partial charge >= 0.3 is 6.03 Å². The molecule has 31 heavy (non-hydrogen) atoms. The molecule has 0 spiro atoms. The van der Waals surface area contributed by atoms with Crippen molar-refractivity contribution >= 4 is 17.4 Å². The summed E-state index contributed by atoms with van der Waals surface area (Å²) in [7, 11) is 0. The monoisotopic (exact) mass is 420 g/mol. The summed E-state index contributed by atoms with van der Waals surface area (Å²) >= 11 is 0. The summed E-state index contributed by atoms with van der Waals surface area (Å²) in [5.41, 5.74) is 2.74. The van der Waals surface area contributed by atoms with Gasteiger partial charge in [0.25, 0.3) is 0 Å². The van der Waals surface area contributed by atoms with Crippen molar-refractivity contribution in [1.82, 2.24) is 19.9 Å². The predicted molar refractivity (Wildman–Crippen MR) is 121 cm³/mol. The molecule has 1 aliphatic heterocycles. The maximum Gasteiger partial charge on any atom is 0.319 e. The van der Waals surface area contributed by atoms with Crippen LogP contribution >= 0.6 is 0 Å². The lowest BCUT2D eigenvalue weighted by Gasteiger charge is -2.37. The van der Waals surface area contributed by atoms with Gasteiger partial charge in [0, 0.05) is 38.2 Å². The summed E-state index contributed by atoms with van der Waals surface area (Å²) in [6.07, 6.45) is 5.63. The highest BCUT2D eigenvalue weighted by Gasteiger charge is 2.24. The molecule has 1 aliphatic rings. The number of nitrogens with zero attached hydrogens (tertiary/aromatic N) is 4. The maximum absolute atomic E-state index is 12.6. The summed E-state index contributed by atoms with van der Waals surface area (Å²) < 4.78 is 7.74. The quantitative estimate of drug-likeness (QED) is 0.660. The third-order valence-electron chi connectivity index (χ3n) is 5.25. The van der Waals surface area contributed by atoms with Crippen molar-refractivity contribution in [1.29, 1.82) is 0 Å².